The summed E-state index contributed by atoms with van der Waals surface area (Å²) in [5.41, 5.74) is 5.94. The summed E-state index contributed by atoms with van der Waals surface area (Å²) in [6.07, 6.45) is 0.0570. The Kier molecular flexibility index (Phi) is 3.96. The number of aliphatic carboxylic acids is 1. The molecule has 0 radical (unpaired) electrons. The predicted octanol–water partition coefficient (Wildman–Crippen LogP) is 2.36. The molecule has 1 aromatic carbocycles. The maximum absolute atomic E-state index is 12.7. The molecule has 0 fully saturated rings. The number of anilines is 1. The topological polar surface area (TPSA) is 63.3 Å². The fourth-order valence-corrected chi connectivity index (χ4v) is 2.13. The molecule has 1 atom stereocenters. The van der Waals surface area contributed by atoms with Gasteiger partial charge in [-0.15, -0.1) is 11.8 Å². The first-order chi connectivity index (χ1) is 6.99. The average Bonchev–Trinajstić information content (AvgIpc) is 2.08. The monoisotopic (exact) mass is 229 g/mol. The Bertz CT molecular complexity index is 370. The number of hydrogen-bond acceptors (Lipinski definition) is 3. The molecule has 5 heteroatoms. The van der Waals surface area contributed by atoms with E-state index in [9.17, 15) is 9.18 Å². The van der Waals surface area contributed by atoms with Crippen LogP contribution in [-0.2, 0) is 4.79 Å². The normalized spacial score (nSPS) is 12.4. The van der Waals surface area contributed by atoms with Crippen LogP contribution in [0, 0.1) is 5.82 Å². The number of nitrogens with two attached hydrogens (primary N) is 1. The molecule has 0 saturated heterocycles. The highest BCUT2D eigenvalue weighted by Gasteiger charge is 2.11. The van der Waals surface area contributed by atoms with Crippen LogP contribution in [0.3, 0.4) is 0 Å². The van der Waals surface area contributed by atoms with Crippen LogP contribution in [0.1, 0.15) is 13.3 Å². The van der Waals surface area contributed by atoms with Gasteiger partial charge >= 0.3 is 5.97 Å². The van der Waals surface area contributed by atoms with Gasteiger partial charge in [-0.2, -0.15) is 0 Å². The van der Waals surface area contributed by atoms with E-state index in [-0.39, 0.29) is 17.5 Å². The summed E-state index contributed by atoms with van der Waals surface area (Å²) in [6.45, 7) is 1.79. The number of carboxylic acids is 1. The number of halogens is 1. The first-order valence-corrected chi connectivity index (χ1v) is 5.30. The molecule has 3 nitrogen and oxygen atoms in total. The lowest BCUT2D eigenvalue weighted by Crippen LogP contribution is -2.06. The zero-order valence-corrected chi connectivity index (χ0v) is 9.05. The Labute approximate surface area is 91.5 Å². The zero-order chi connectivity index (χ0) is 11.4. The van der Waals surface area contributed by atoms with Gasteiger partial charge in [0.2, 0.25) is 0 Å². The Balaban J connectivity index is 2.68. The number of benzene rings is 1. The molecule has 3 N–H and O–H groups in total. The number of rotatable bonds is 4. The largest absolute Gasteiger partial charge is 0.481 e. The van der Waals surface area contributed by atoms with Crippen LogP contribution in [-0.4, -0.2) is 16.3 Å². The molecule has 0 aromatic heterocycles. The maximum Gasteiger partial charge on any atom is 0.304 e. The molecule has 15 heavy (non-hydrogen) atoms. The van der Waals surface area contributed by atoms with Crippen molar-refractivity contribution >= 4 is 23.4 Å². The smallest absolute Gasteiger partial charge is 0.304 e. The highest BCUT2D eigenvalue weighted by molar-refractivity contribution is 8.00. The highest BCUT2D eigenvalue weighted by Crippen LogP contribution is 2.30. The second-order valence-corrected chi connectivity index (χ2v) is 4.69. The second kappa shape index (κ2) is 5.02. The fraction of sp³-hybridized carbons (Fsp3) is 0.300. The summed E-state index contributed by atoms with van der Waals surface area (Å²) < 4.78 is 12.7. The van der Waals surface area contributed by atoms with Crippen molar-refractivity contribution < 1.29 is 14.3 Å². The highest BCUT2D eigenvalue weighted by atomic mass is 32.2. The van der Waals surface area contributed by atoms with Crippen LogP contribution in [0.4, 0.5) is 10.1 Å². The van der Waals surface area contributed by atoms with Gasteiger partial charge in [0.05, 0.1) is 6.42 Å². The Hall–Kier alpha value is -1.23. The van der Waals surface area contributed by atoms with Crippen molar-refractivity contribution in [3.63, 3.8) is 0 Å². The van der Waals surface area contributed by atoms with Crippen molar-refractivity contribution in [2.75, 3.05) is 5.73 Å². The maximum atomic E-state index is 12.7. The molecule has 0 heterocycles. The van der Waals surface area contributed by atoms with Crippen LogP contribution in [0.2, 0.25) is 0 Å². The van der Waals surface area contributed by atoms with Crippen molar-refractivity contribution in [2.24, 2.45) is 0 Å². The summed E-state index contributed by atoms with van der Waals surface area (Å²) >= 11 is 1.33. The van der Waals surface area contributed by atoms with E-state index in [1.807, 2.05) is 0 Å². The molecular weight excluding hydrogens is 217 g/mol. The molecule has 0 bridgehead atoms. The van der Waals surface area contributed by atoms with Gasteiger partial charge < -0.3 is 10.8 Å². The van der Waals surface area contributed by atoms with E-state index < -0.39 is 5.97 Å². The van der Waals surface area contributed by atoms with E-state index in [0.717, 1.165) is 0 Å². The van der Waals surface area contributed by atoms with E-state index in [1.54, 1.807) is 13.0 Å². The van der Waals surface area contributed by atoms with Gasteiger partial charge in [0.15, 0.2) is 0 Å². The first-order valence-electron chi connectivity index (χ1n) is 4.42. The molecule has 0 aliphatic carbocycles. The molecule has 82 valence electrons. The Morgan fingerprint density at radius 1 is 1.67 bits per heavy atom. The lowest BCUT2D eigenvalue weighted by molar-refractivity contribution is -0.136. The molecule has 0 aliphatic heterocycles. The van der Waals surface area contributed by atoms with Crippen molar-refractivity contribution in [1.29, 1.82) is 0 Å². The van der Waals surface area contributed by atoms with Crippen LogP contribution in [0.5, 0.6) is 0 Å². The summed E-state index contributed by atoms with van der Waals surface area (Å²) in [7, 11) is 0. The summed E-state index contributed by atoms with van der Waals surface area (Å²) in [5.74, 6) is -1.24. The number of thioether (sulfide) groups is 1. The first kappa shape index (κ1) is 11.8. The van der Waals surface area contributed by atoms with Gasteiger partial charge in [-0.25, -0.2) is 4.39 Å². The Morgan fingerprint density at radius 2 is 2.33 bits per heavy atom. The standard InChI is InChI=1S/C10H12FNO2S/c1-6(4-10(13)14)15-9-3-2-7(11)5-8(9)12/h2-3,5-6H,4,12H2,1H3,(H,13,14). The number of carbonyl (C=O) groups is 1. The van der Waals surface area contributed by atoms with Crippen LogP contribution in [0.15, 0.2) is 23.1 Å². The summed E-state index contributed by atoms with van der Waals surface area (Å²) in [4.78, 5) is 11.1. The molecular formula is C10H12FNO2S. The van der Waals surface area contributed by atoms with Crippen molar-refractivity contribution in [1.82, 2.24) is 0 Å². The molecule has 0 spiro atoms. The number of nitrogen functional groups attached to an aromatic ring is 1. The van der Waals surface area contributed by atoms with Crippen molar-refractivity contribution in [3.8, 4) is 0 Å². The van der Waals surface area contributed by atoms with Crippen LogP contribution < -0.4 is 5.73 Å². The van der Waals surface area contributed by atoms with Crippen LogP contribution in [0.25, 0.3) is 0 Å². The number of hydrogen-bond donors (Lipinski definition) is 2. The fourth-order valence-electron chi connectivity index (χ4n) is 1.13. The quantitative estimate of drug-likeness (QED) is 0.614. The molecule has 0 amide bonds. The van der Waals surface area contributed by atoms with Gasteiger partial charge in [-0.3, -0.25) is 4.79 Å². The second-order valence-electron chi connectivity index (χ2n) is 3.21. The average molecular weight is 229 g/mol. The minimum absolute atomic E-state index is 0.0570. The van der Waals surface area contributed by atoms with Crippen LogP contribution >= 0.6 is 11.8 Å². The van der Waals surface area contributed by atoms with E-state index in [2.05, 4.69) is 0 Å². The third kappa shape index (κ3) is 3.79. The molecule has 1 rings (SSSR count). The molecule has 0 aliphatic rings. The van der Waals surface area contributed by atoms with E-state index in [1.165, 1.54) is 23.9 Å². The van der Waals surface area contributed by atoms with Crippen molar-refractivity contribution in [3.05, 3.63) is 24.0 Å². The van der Waals surface area contributed by atoms with Gasteiger partial charge in [0.25, 0.3) is 0 Å². The van der Waals surface area contributed by atoms with Gasteiger partial charge in [-0.05, 0) is 18.2 Å². The third-order valence-electron chi connectivity index (χ3n) is 1.76. The lowest BCUT2D eigenvalue weighted by atomic mass is 10.3. The molecule has 0 saturated carbocycles. The third-order valence-corrected chi connectivity index (χ3v) is 2.96. The van der Waals surface area contributed by atoms with Gasteiger partial charge in [0, 0.05) is 15.8 Å². The van der Waals surface area contributed by atoms with Crippen molar-refractivity contribution in [2.45, 2.75) is 23.5 Å². The molecule has 1 unspecified atom stereocenters. The van der Waals surface area contributed by atoms with E-state index in [0.29, 0.717) is 10.6 Å². The summed E-state index contributed by atoms with van der Waals surface area (Å²) in [5, 5.41) is 8.48. The minimum atomic E-state index is -0.851. The molecule has 1 aromatic rings. The zero-order valence-electron chi connectivity index (χ0n) is 8.24. The predicted molar refractivity (Wildman–Crippen MR) is 58.4 cm³/mol. The lowest BCUT2D eigenvalue weighted by Gasteiger charge is -2.10. The van der Waals surface area contributed by atoms with E-state index in [4.69, 9.17) is 10.8 Å². The SMILES string of the molecule is CC(CC(=O)O)Sc1ccc(F)cc1N. The minimum Gasteiger partial charge on any atom is -0.481 e. The van der Waals surface area contributed by atoms with Gasteiger partial charge in [-0.1, -0.05) is 6.92 Å². The van der Waals surface area contributed by atoms with Gasteiger partial charge in [0.1, 0.15) is 5.82 Å². The van der Waals surface area contributed by atoms with E-state index >= 15 is 0 Å². The Morgan fingerprint density at radius 3 is 2.87 bits per heavy atom. The number of carboxylic acid groups (broad SMARTS) is 1. The summed E-state index contributed by atoms with van der Waals surface area (Å²) in [6, 6.07) is 4.11.